The summed E-state index contributed by atoms with van der Waals surface area (Å²) in [6.07, 6.45) is 0. The third kappa shape index (κ3) is 2.64. The highest BCUT2D eigenvalue weighted by atomic mass is 16.2. The lowest BCUT2D eigenvalue weighted by molar-refractivity contribution is -0.137. The van der Waals surface area contributed by atoms with E-state index in [4.69, 9.17) is 0 Å². The zero-order valence-corrected chi connectivity index (χ0v) is 8.42. The molecule has 0 heterocycles. The minimum absolute atomic E-state index is 0.0442. The molecule has 0 aromatic carbocycles. The quantitative estimate of drug-likeness (QED) is 0.637. The van der Waals surface area contributed by atoms with Crippen molar-refractivity contribution < 1.29 is 9.59 Å². The predicted molar refractivity (Wildman–Crippen MR) is 47.8 cm³/mol. The van der Waals surface area contributed by atoms with Gasteiger partial charge in [0.15, 0.2) is 5.78 Å². The summed E-state index contributed by atoms with van der Waals surface area (Å²) in [5.74, 6) is 0.156. The fraction of sp³-hybridized carbons (Fsp3) is 0.778. The zero-order chi connectivity index (χ0) is 9.89. The van der Waals surface area contributed by atoms with Gasteiger partial charge >= 0.3 is 0 Å². The van der Waals surface area contributed by atoms with Crippen LogP contribution < -0.4 is 0 Å². The Balaban J connectivity index is 4.51. The summed E-state index contributed by atoms with van der Waals surface area (Å²) in [4.78, 5) is 23.6. The van der Waals surface area contributed by atoms with Gasteiger partial charge in [-0.1, -0.05) is 13.8 Å². The Morgan fingerprint density at radius 3 is 1.67 bits per heavy atom. The van der Waals surface area contributed by atoms with Crippen molar-refractivity contribution in [1.82, 2.24) is 4.90 Å². The minimum Gasteiger partial charge on any atom is -0.336 e. The third-order valence-electron chi connectivity index (χ3n) is 1.96. The highest BCUT2D eigenvalue weighted by molar-refractivity contribution is 5.86. The molecule has 0 N–H and O–H groups in total. The average Bonchev–Trinajstić information content (AvgIpc) is 1.85. The van der Waals surface area contributed by atoms with Crippen LogP contribution in [0.5, 0.6) is 0 Å². The molecule has 0 spiro atoms. The molecule has 0 unspecified atom stereocenters. The van der Waals surface area contributed by atoms with Crippen LogP contribution >= 0.6 is 0 Å². The molecule has 12 heavy (non-hydrogen) atoms. The van der Waals surface area contributed by atoms with Crippen molar-refractivity contribution in [2.24, 2.45) is 5.92 Å². The summed E-state index contributed by atoms with van der Waals surface area (Å²) >= 11 is 0. The van der Waals surface area contributed by atoms with Gasteiger partial charge in [0.05, 0.1) is 6.04 Å². The van der Waals surface area contributed by atoms with Gasteiger partial charge in [0.25, 0.3) is 0 Å². The number of carbonyl (C=O) groups is 2. The Morgan fingerprint density at radius 2 is 1.58 bits per heavy atom. The van der Waals surface area contributed by atoms with Crippen LogP contribution in [0.15, 0.2) is 0 Å². The Labute approximate surface area is 73.7 Å². The maximum absolute atomic E-state index is 11.1. The van der Waals surface area contributed by atoms with Gasteiger partial charge in [0.2, 0.25) is 5.91 Å². The Bertz CT molecular complexity index is 187. The van der Waals surface area contributed by atoms with Gasteiger partial charge in [-0.15, -0.1) is 0 Å². The number of likely N-dealkylation sites (N-methyl/N-ethyl adjacent to an activating group) is 1. The number of nitrogens with zero attached hydrogens (tertiary/aromatic N) is 1. The number of Topliss-reactive ketones (excluding diaryl/α,β-unsaturated/α-hetero) is 1. The first-order valence-corrected chi connectivity index (χ1v) is 4.11. The molecule has 0 aliphatic rings. The molecule has 70 valence electrons. The molecule has 3 heteroatoms. The first-order valence-electron chi connectivity index (χ1n) is 4.11. The predicted octanol–water partition coefficient (Wildman–Crippen LogP) is 1.08. The van der Waals surface area contributed by atoms with Crippen LogP contribution in [0.1, 0.15) is 27.7 Å². The average molecular weight is 171 g/mol. The van der Waals surface area contributed by atoms with E-state index in [0.29, 0.717) is 0 Å². The number of hydrogen-bond donors (Lipinski definition) is 0. The fourth-order valence-corrected chi connectivity index (χ4v) is 1.39. The van der Waals surface area contributed by atoms with Crippen molar-refractivity contribution in [2.45, 2.75) is 33.7 Å². The first kappa shape index (κ1) is 11.1. The van der Waals surface area contributed by atoms with Gasteiger partial charge in [0, 0.05) is 14.0 Å². The van der Waals surface area contributed by atoms with E-state index in [-0.39, 0.29) is 23.7 Å². The van der Waals surface area contributed by atoms with Crippen LogP contribution in [0, 0.1) is 5.92 Å². The van der Waals surface area contributed by atoms with Crippen molar-refractivity contribution in [3.63, 3.8) is 0 Å². The molecule has 0 saturated heterocycles. The zero-order valence-electron chi connectivity index (χ0n) is 8.42. The molecule has 0 fully saturated rings. The van der Waals surface area contributed by atoms with E-state index in [0.717, 1.165) is 0 Å². The fourth-order valence-electron chi connectivity index (χ4n) is 1.39. The highest BCUT2D eigenvalue weighted by Crippen LogP contribution is 2.09. The SMILES string of the molecule is CC(=O)[C@H](C(C)C)N(C)C(C)=O. The van der Waals surface area contributed by atoms with Crippen LogP contribution in [0.25, 0.3) is 0 Å². The number of rotatable bonds is 3. The minimum atomic E-state index is -0.275. The molecule has 0 saturated carbocycles. The first-order chi connectivity index (χ1) is 5.37. The highest BCUT2D eigenvalue weighted by Gasteiger charge is 2.24. The number of hydrogen-bond acceptors (Lipinski definition) is 2. The summed E-state index contributed by atoms with van der Waals surface area (Å²) in [6, 6.07) is -0.275. The molecule has 1 amide bonds. The smallest absolute Gasteiger partial charge is 0.219 e. The van der Waals surface area contributed by atoms with Crippen molar-refractivity contribution in [3.8, 4) is 0 Å². The molecule has 0 aliphatic heterocycles. The van der Waals surface area contributed by atoms with E-state index in [2.05, 4.69) is 0 Å². The van der Waals surface area contributed by atoms with E-state index < -0.39 is 0 Å². The lowest BCUT2D eigenvalue weighted by Crippen LogP contribution is -2.43. The number of ketones is 1. The molecule has 1 atom stereocenters. The van der Waals surface area contributed by atoms with Gasteiger partial charge in [0.1, 0.15) is 0 Å². The van der Waals surface area contributed by atoms with Crippen molar-refractivity contribution >= 4 is 11.7 Å². The second kappa shape index (κ2) is 4.24. The van der Waals surface area contributed by atoms with Gasteiger partial charge in [-0.05, 0) is 12.8 Å². The molecular formula is C9H17NO2. The Kier molecular flexibility index (Phi) is 3.93. The van der Waals surface area contributed by atoms with Crippen LogP contribution in [0.4, 0.5) is 0 Å². The lowest BCUT2D eigenvalue weighted by atomic mass is 9.99. The summed E-state index contributed by atoms with van der Waals surface area (Å²) in [7, 11) is 1.66. The topological polar surface area (TPSA) is 37.4 Å². The second-order valence-electron chi connectivity index (χ2n) is 3.43. The van der Waals surface area contributed by atoms with E-state index in [1.165, 1.54) is 18.7 Å². The maximum Gasteiger partial charge on any atom is 0.219 e. The largest absolute Gasteiger partial charge is 0.336 e. The summed E-state index contributed by atoms with van der Waals surface area (Å²) in [5, 5.41) is 0. The summed E-state index contributed by atoms with van der Waals surface area (Å²) < 4.78 is 0. The molecule has 0 aromatic rings. The molecule has 3 nitrogen and oxygen atoms in total. The molecule has 0 bridgehead atoms. The third-order valence-corrected chi connectivity index (χ3v) is 1.96. The molecule has 0 aromatic heterocycles. The van der Waals surface area contributed by atoms with Crippen molar-refractivity contribution in [1.29, 1.82) is 0 Å². The summed E-state index contributed by atoms with van der Waals surface area (Å²) in [5.41, 5.74) is 0. The van der Waals surface area contributed by atoms with Crippen LogP contribution in [-0.4, -0.2) is 29.7 Å². The molecular weight excluding hydrogens is 154 g/mol. The van der Waals surface area contributed by atoms with Gasteiger partial charge in [-0.3, -0.25) is 9.59 Å². The van der Waals surface area contributed by atoms with E-state index >= 15 is 0 Å². The molecule has 0 rings (SSSR count). The normalized spacial score (nSPS) is 12.8. The van der Waals surface area contributed by atoms with Gasteiger partial charge in [-0.2, -0.15) is 0 Å². The second-order valence-corrected chi connectivity index (χ2v) is 3.43. The summed E-state index contributed by atoms with van der Waals surface area (Å²) in [6.45, 7) is 6.86. The van der Waals surface area contributed by atoms with E-state index in [1.54, 1.807) is 7.05 Å². The standard InChI is InChI=1S/C9H17NO2/c1-6(2)9(7(3)11)10(5)8(4)12/h6,9H,1-5H3/t9-/m0/s1. The van der Waals surface area contributed by atoms with Crippen LogP contribution in [0.3, 0.4) is 0 Å². The van der Waals surface area contributed by atoms with Gasteiger partial charge < -0.3 is 4.90 Å². The van der Waals surface area contributed by atoms with E-state index in [1.807, 2.05) is 13.8 Å². The Hall–Kier alpha value is -0.860. The molecule has 0 radical (unpaired) electrons. The van der Waals surface area contributed by atoms with Crippen LogP contribution in [-0.2, 0) is 9.59 Å². The van der Waals surface area contributed by atoms with E-state index in [9.17, 15) is 9.59 Å². The lowest BCUT2D eigenvalue weighted by Gasteiger charge is -2.27. The van der Waals surface area contributed by atoms with Gasteiger partial charge in [-0.25, -0.2) is 0 Å². The molecule has 0 aliphatic carbocycles. The Morgan fingerprint density at radius 1 is 1.17 bits per heavy atom. The monoisotopic (exact) mass is 171 g/mol. The maximum atomic E-state index is 11.1. The van der Waals surface area contributed by atoms with Crippen molar-refractivity contribution in [3.05, 3.63) is 0 Å². The van der Waals surface area contributed by atoms with Crippen molar-refractivity contribution in [2.75, 3.05) is 7.05 Å². The number of amides is 1. The van der Waals surface area contributed by atoms with Crippen LogP contribution in [0.2, 0.25) is 0 Å². The number of carbonyl (C=O) groups excluding carboxylic acids is 2.